The number of amides is 1. The second kappa shape index (κ2) is 2.94. The number of nitrogens with zero attached hydrogens (tertiary/aromatic N) is 1. The average molecular weight is 172 g/mol. The Morgan fingerprint density at radius 2 is 2.33 bits per heavy atom. The summed E-state index contributed by atoms with van der Waals surface area (Å²) in [5.41, 5.74) is 5.27. The van der Waals surface area contributed by atoms with E-state index >= 15 is 0 Å². The molecule has 1 rings (SSSR count). The van der Waals surface area contributed by atoms with Crippen LogP contribution < -0.4 is 5.73 Å². The fourth-order valence-electron chi connectivity index (χ4n) is 1.57. The van der Waals surface area contributed by atoms with Crippen LogP contribution in [0.15, 0.2) is 0 Å². The molecule has 0 radical (unpaired) electrons. The van der Waals surface area contributed by atoms with Crippen LogP contribution in [0.25, 0.3) is 0 Å². The van der Waals surface area contributed by atoms with E-state index in [4.69, 9.17) is 10.5 Å². The van der Waals surface area contributed by atoms with Crippen molar-refractivity contribution in [2.75, 3.05) is 13.2 Å². The van der Waals surface area contributed by atoms with E-state index in [1.165, 1.54) is 0 Å². The maximum Gasteiger partial charge on any atom is 0.410 e. The zero-order chi connectivity index (χ0) is 9.35. The second-order valence-electron chi connectivity index (χ2n) is 3.72. The maximum atomic E-state index is 11.2. The number of hydrogen-bond acceptors (Lipinski definition) is 3. The number of hydrogen-bond donors (Lipinski definition) is 1. The van der Waals surface area contributed by atoms with E-state index < -0.39 is 0 Å². The third-order valence-corrected chi connectivity index (χ3v) is 2.24. The molecule has 0 spiro atoms. The van der Waals surface area contributed by atoms with Gasteiger partial charge in [0, 0.05) is 12.6 Å². The van der Waals surface area contributed by atoms with Crippen molar-refractivity contribution in [1.29, 1.82) is 0 Å². The van der Waals surface area contributed by atoms with Crippen LogP contribution >= 0.6 is 0 Å². The molecule has 1 saturated heterocycles. The number of rotatable bonds is 2. The van der Waals surface area contributed by atoms with E-state index in [-0.39, 0.29) is 17.7 Å². The van der Waals surface area contributed by atoms with E-state index in [9.17, 15) is 4.79 Å². The molecule has 0 aromatic carbocycles. The molecule has 1 atom stereocenters. The Labute approximate surface area is 72.7 Å². The Kier molecular flexibility index (Phi) is 2.28. The molecule has 2 N–H and O–H groups in total. The Balaban J connectivity index is 2.84. The summed E-state index contributed by atoms with van der Waals surface area (Å²) in [6.07, 6.45) is -0.252. The van der Waals surface area contributed by atoms with Crippen LogP contribution in [0.2, 0.25) is 0 Å². The molecule has 0 aromatic rings. The predicted molar refractivity (Wildman–Crippen MR) is 45.8 cm³/mol. The molecule has 70 valence electrons. The van der Waals surface area contributed by atoms with Gasteiger partial charge in [0.2, 0.25) is 0 Å². The van der Waals surface area contributed by atoms with Gasteiger partial charge in [0.1, 0.15) is 6.61 Å². The van der Waals surface area contributed by atoms with E-state index in [0.29, 0.717) is 13.2 Å². The van der Waals surface area contributed by atoms with Gasteiger partial charge in [-0.15, -0.1) is 0 Å². The lowest BCUT2D eigenvalue weighted by Gasteiger charge is -2.33. The topological polar surface area (TPSA) is 55.6 Å². The summed E-state index contributed by atoms with van der Waals surface area (Å²) in [7, 11) is 0. The minimum absolute atomic E-state index is 0.147. The van der Waals surface area contributed by atoms with Gasteiger partial charge in [0.25, 0.3) is 0 Å². The molecule has 0 saturated carbocycles. The smallest absolute Gasteiger partial charge is 0.410 e. The van der Waals surface area contributed by atoms with Gasteiger partial charge in [-0.3, -0.25) is 4.90 Å². The summed E-state index contributed by atoms with van der Waals surface area (Å²) in [5.74, 6) is 0. The molecule has 0 aromatic heterocycles. The van der Waals surface area contributed by atoms with Crippen LogP contribution in [0.4, 0.5) is 4.79 Å². The van der Waals surface area contributed by atoms with Crippen molar-refractivity contribution in [2.45, 2.75) is 32.4 Å². The van der Waals surface area contributed by atoms with Crippen LogP contribution in [0, 0.1) is 0 Å². The van der Waals surface area contributed by atoms with Crippen molar-refractivity contribution >= 4 is 6.09 Å². The van der Waals surface area contributed by atoms with E-state index in [2.05, 4.69) is 0 Å². The second-order valence-corrected chi connectivity index (χ2v) is 3.72. The average Bonchev–Trinajstić information content (AvgIpc) is 2.28. The van der Waals surface area contributed by atoms with E-state index in [0.717, 1.165) is 0 Å². The van der Waals surface area contributed by atoms with Gasteiger partial charge >= 0.3 is 6.09 Å². The number of nitrogens with two attached hydrogens (primary N) is 1. The van der Waals surface area contributed by atoms with Crippen LogP contribution in [-0.4, -0.2) is 35.7 Å². The van der Waals surface area contributed by atoms with Gasteiger partial charge in [0.05, 0.1) is 5.54 Å². The molecule has 4 heteroatoms. The predicted octanol–water partition coefficient (Wildman–Crippen LogP) is 0.564. The van der Waals surface area contributed by atoms with Crippen LogP contribution in [0.5, 0.6) is 0 Å². The molecule has 1 amide bonds. The summed E-state index contributed by atoms with van der Waals surface area (Å²) < 4.78 is 4.94. The largest absolute Gasteiger partial charge is 0.447 e. The van der Waals surface area contributed by atoms with Gasteiger partial charge in [-0.25, -0.2) is 4.79 Å². The number of cyclic esters (lactones) is 1. The van der Waals surface area contributed by atoms with Gasteiger partial charge in [-0.1, -0.05) is 0 Å². The Morgan fingerprint density at radius 1 is 1.75 bits per heavy atom. The number of ether oxygens (including phenoxy) is 1. The number of carbonyl (C=O) groups excluding carboxylic acids is 1. The fourth-order valence-corrected chi connectivity index (χ4v) is 1.57. The monoisotopic (exact) mass is 172 g/mol. The maximum absolute atomic E-state index is 11.2. The molecule has 1 unspecified atom stereocenters. The van der Waals surface area contributed by atoms with Crippen molar-refractivity contribution < 1.29 is 9.53 Å². The first kappa shape index (κ1) is 9.32. The summed E-state index contributed by atoms with van der Waals surface area (Å²) in [6, 6.07) is 0.147. The van der Waals surface area contributed by atoms with Gasteiger partial charge in [-0.2, -0.15) is 0 Å². The molecule has 0 aliphatic carbocycles. The van der Waals surface area contributed by atoms with Gasteiger partial charge < -0.3 is 10.5 Å². The third kappa shape index (κ3) is 1.27. The van der Waals surface area contributed by atoms with Crippen LogP contribution in [-0.2, 0) is 4.74 Å². The lowest BCUT2D eigenvalue weighted by Crippen LogP contribution is -2.53. The lowest BCUT2D eigenvalue weighted by molar-refractivity contribution is 0.138. The van der Waals surface area contributed by atoms with Crippen molar-refractivity contribution in [3.05, 3.63) is 0 Å². The molecular weight excluding hydrogens is 156 g/mol. The minimum atomic E-state index is -0.314. The first-order chi connectivity index (χ1) is 5.51. The first-order valence-corrected chi connectivity index (χ1v) is 4.17. The third-order valence-electron chi connectivity index (χ3n) is 2.24. The van der Waals surface area contributed by atoms with Crippen molar-refractivity contribution in [3.63, 3.8) is 0 Å². The minimum Gasteiger partial charge on any atom is -0.447 e. The highest BCUT2D eigenvalue weighted by atomic mass is 16.6. The zero-order valence-corrected chi connectivity index (χ0v) is 7.83. The van der Waals surface area contributed by atoms with Gasteiger partial charge in [-0.05, 0) is 20.8 Å². The number of carbonyl (C=O) groups is 1. The Bertz CT molecular complexity index is 193. The lowest BCUT2D eigenvalue weighted by atomic mass is 10.0. The quantitative estimate of drug-likeness (QED) is 0.662. The summed E-state index contributed by atoms with van der Waals surface area (Å²) in [5, 5.41) is 0. The molecule has 1 aliphatic rings. The molecule has 1 aliphatic heterocycles. The highest BCUT2D eigenvalue weighted by Crippen LogP contribution is 2.25. The van der Waals surface area contributed by atoms with Crippen LogP contribution in [0.3, 0.4) is 0 Å². The van der Waals surface area contributed by atoms with Crippen molar-refractivity contribution in [2.24, 2.45) is 5.73 Å². The molecular formula is C8H16N2O2. The van der Waals surface area contributed by atoms with Crippen molar-refractivity contribution in [1.82, 2.24) is 4.90 Å². The summed E-state index contributed by atoms with van der Waals surface area (Å²) in [4.78, 5) is 12.9. The zero-order valence-electron chi connectivity index (χ0n) is 7.83. The Morgan fingerprint density at radius 3 is 2.67 bits per heavy atom. The highest BCUT2D eigenvalue weighted by molar-refractivity contribution is 5.71. The summed E-state index contributed by atoms with van der Waals surface area (Å²) in [6.45, 7) is 6.70. The first-order valence-electron chi connectivity index (χ1n) is 4.17. The Hall–Kier alpha value is -0.770. The van der Waals surface area contributed by atoms with Gasteiger partial charge in [0.15, 0.2) is 0 Å². The molecule has 4 nitrogen and oxygen atoms in total. The normalized spacial score (nSPS) is 29.8. The summed E-state index contributed by atoms with van der Waals surface area (Å²) >= 11 is 0. The standard InChI is InChI=1S/C8H16N2O2/c1-6(2)10-7(11)12-5-8(10,3)4-9/h6H,4-5,9H2,1-3H3. The fraction of sp³-hybridized carbons (Fsp3) is 0.875. The van der Waals surface area contributed by atoms with E-state index in [1.54, 1.807) is 4.90 Å². The molecule has 12 heavy (non-hydrogen) atoms. The van der Waals surface area contributed by atoms with Crippen LogP contribution in [0.1, 0.15) is 20.8 Å². The molecule has 1 heterocycles. The van der Waals surface area contributed by atoms with E-state index in [1.807, 2.05) is 20.8 Å². The molecule has 0 bridgehead atoms. The molecule has 1 fully saturated rings. The SMILES string of the molecule is CC(C)N1C(=O)OCC1(C)CN. The van der Waals surface area contributed by atoms with Crippen molar-refractivity contribution in [3.8, 4) is 0 Å². The highest BCUT2D eigenvalue weighted by Gasteiger charge is 2.43.